The third-order valence-corrected chi connectivity index (χ3v) is 2.86. The molecule has 0 bridgehead atoms. The molecule has 0 saturated heterocycles. The van der Waals surface area contributed by atoms with Crippen LogP contribution < -0.4 is 0 Å². The topological polar surface area (TPSA) is 68.2 Å². The Morgan fingerprint density at radius 1 is 1.00 bits per heavy atom. The first-order chi connectivity index (χ1) is 11.9. The lowest BCUT2D eigenvalue weighted by Crippen LogP contribution is -2.39. The monoisotopic (exact) mass is 394 g/mol. The molecule has 0 aliphatic heterocycles. The second kappa shape index (κ2) is 8.88. The molecule has 1 rings (SSSR count). The molecule has 1 aromatic rings. The Hall–Kier alpha value is -2.29. The van der Waals surface area contributed by atoms with Crippen molar-refractivity contribution in [3.05, 3.63) is 34.9 Å². The van der Waals surface area contributed by atoms with Crippen molar-refractivity contribution in [1.29, 1.82) is 0 Å². The van der Waals surface area contributed by atoms with Gasteiger partial charge >= 0.3 is 18.4 Å². The average Bonchev–Trinajstić information content (AvgIpc) is 2.46. The molecule has 0 heterocycles. The molecule has 0 radical (unpaired) electrons. The Morgan fingerprint density at radius 3 is 1.77 bits per heavy atom. The quantitative estimate of drug-likeness (QED) is 0.532. The molecule has 10 heteroatoms. The smallest absolute Gasteiger partial charge is 0.440 e. The first kappa shape index (κ1) is 21.8. The standard InChI is InChI=1S/C16H18ClF3N2O4/c1-9(2)25-14(23)22(15(24)26-10(3)4)21-13(16(18,19)20)11-5-7-12(17)8-6-11/h5-10H,1-4H3/b21-13-. The normalized spacial score (nSPS) is 12.3. The zero-order valence-corrected chi connectivity index (χ0v) is 15.3. The SMILES string of the molecule is CC(C)OC(=O)N(/N=C(/c1ccc(Cl)cc1)C(F)(F)F)C(=O)OC(C)C. The van der Waals surface area contributed by atoms with Gasteiger partial charge in [0, 0.05) is 10.6 Å². The summed E-state index contributed by atoms with van der Waals surface area (Å²) in [5.41, 5.74) is -1.86. The number of rotatable bonds is 4. The molecule has 0 atom stereocenters. The van der Waals surface area contributed by atoms with Crippen LogP contribution in [0.5, 0.6) is 0 Å². The molecule has 6 nitrogen and oxygen atoms in total. The van der Waals surface area contributed by atoms with E-state index in [1.807, 2.05) is 0 Å². The molecule has 0 aliphatic rings. The van der Waals surface area contributed by atoms with E-state index in [4.69, 9.17) is 21.1 Å². The molecule has 0 unspecified atom stereocenters. The molecular formula is C16H18ClF3N2O4. The number of imide groups is 1. The van der Waals surface area contributed by atoms with E-state index >= 15 is 0 Å². The molecular weight excluding hydrogens is 377 g/mol. The predicted molar refractivity (Wildman–Crippen MR) is 89.1 cm³/mol. The van der Waals surface area contributed by atoms with Crippen molar-refractivity contribution in [2.75, 3.05) is 0 Å². The molecule has 144 valence electrons. The van der Waals surface area contributed by atoms with Crippen LogP contribution in [0.25, 0.3) is 0 Å². The van der Waals surface area contributed by atoms with Crippen LogP contribution in [-0.4, -0.2) is 41.3 Å². The summed E-state index contributed by atoms with van der Waals surface area (Å²) in [5.74, 6) is 0. The number of ether oxygens (including phenoxy) is 2. The molecule has 0 N–H and O–H groups in total. The minimum atomic E-state index is -4.96. The molecule has 0 aliphatic carbocycles. The van der Waals surface area contributed by atoms with Crippen LogP contribution in [0, 0.1) is 0 Å². The summed E-state index contributed by atoms with van der Waals surface area (Å²) in [5, 5.41) is 3.31. The molecule has 0 fully saturated rings. The Labute approximate surface area is 153 Å². The Kier molecular flexibility index (Phi) is 7.43. The van der Waals surface area contributed by atoms with E-state index in [9.17, 15) is 22.8 Å². The molecule has 0 saturated carbocycles. The van der Waals surface area contributed by atoms with Gasteiger partial charge in [-0.3, -0.25) is 0 Å². The number of amides is 2. The number of hydrogen-bond donors (Lipinski definition) is 0. The van der Waals surface area contributed by atoms with Crippen LogP contribution in [0.3, 0.4) is 0 Å². The van der Waals surface area contributed by atoms with Crippen molar-refractivity contribution in [3.63, 3.8) is 0 Å². The zero-order chi connectivity index (χ0) is 20.1. The van der Waals surface area contributed by atoms with Crippen molar-refractivity contribution in [2.45, 2.75) is 46.1 Å². The number of alkyl halides is 3. The van der Waals surface area contributed by atoms with Gasteiger partial charge in [-0.05, 0) is 39.8 Å². The zero-order valence-electron chi connectivity index (χ0n) is 14.5. The van der Waals surface area contributed by atoms with Crippen LogP contribution >= 0.6 is 11.6 Å². The van der Waals surface area contributed by atoms with Gasteiger partial charge in [-0.25, -0.2) is 9.59 Å². The number of carbonyl (C=O) groups excluding carboxylic acids is 2. The van der Waals surface area contributed by atoms with E-state index in [0.717, 1.165) is 12.1 Å². The van der Waals surface area contributed by atoms with E-state index in [1.54, 1.807) is 0 Å². The van der Waals surface area contributed by atoms with Crippen LogP contribution in [0.2, 0.25) is 5.02 Å². The fourth-order valence-electron chi connectivity index (χ4n) is 1.65. The van der Waals surface area contributed by atoms with Crippen molar-refractivity contribution in [1.82, 2.24) is 5.01 Å². The molecule has 2 amide bonds. The third kappa shape index (κ3) is 6.55. The van der Waals surface area contributed by atoms with Crippen LogP contribution in [0.1, 0.15) is 33.3 Å². The van der Waals surface area contributed by atoms with Gasteiger partial charge in [0.2, 0.25) is 0 Å². The maximum atomic E-state index is 13.4. The molecule has 26 heavy (non-hydrogen) atoms. The van der Waals surface area contributed by atoms with Gasteiger partial charge in [-0.1, -0.05) is 28.7 Å². The molecule has 1 aromatic carbocycles. The Bertz CT molecular complexity index is 651. The van der Waals surface area contributed by atoms with E-state index in [2.05, 4.69) is 5.10 Å². The molecule has 0 spiro atoms. The number of benzene rings is 1. The highest BCUT2D eigenvalue weighted by atomic mass is 35.5. The van der Waals surface area contributed by atoms with E-state index in [0.29, 0.717) is 0 Å². The van der Waals surface area contributed by atoms with Crippen LogP contribution in [0.15, 0.2) is 29.4 Å². The number of carbonyl (C=O) groups is 2. The van der Waals surface area contributed by atoms with Crippen molar-refractivity contribution in [3.8, 4) is 0 Å². The second-order valence-electron chi connectivity index (χ2n) is 5.63. The van der Waals surface area contributed by atoms with Gasteiger partial charge in [0.15, 0.2) is 5.71 Å². The van der Waals surface area contributed by atoms with Gasteiger partial charge in [-0.2, -0.15) is 18.3 Å². The number of halogens is 4. The van der Waals surface area contributed by atoms with Crippen molar-refractivity contribution < 1.29 is 32.2 Å². The first-order valence-corrected chi connectivity index (χ1v) is 7.92. The maximum absolute atomic E-state index is 13.4. The maximum Gasteiger partial charge on any atom is 0.440 e. The van der Waals surface area contributed by atoms with E-state index in [-0.39, 0.29) is 15.6 Å². The van der Waals surface area contributed by atoms with Gasteiger partial charge in [-0.15, -0.1) is 0 Å². The summed E-state index contributed by atoms with van der Waals surface area (Å²) < 4.78 is 49.8. The largest absolute Gasteiger partial charge is 0.445 e. The van der Waals surface area contributed by atoms with E-state index < -0.39 is 36.3 Å². The second-order valence-corrected chi connectivity index (χ2v) is 6.07. The van der Waals surface area contributed by atoms with Gasteiger partial charge in [0.25, 0.3) is 0 Å². The Morgan fingerprint density at radius 2 is 1.42 bits per heavy atom. The van der Waals surface area contributed by atoms with Gasteiger partial charge in [0.1, 0.15) is 0 Å². The fraction of sp³-hybridized carbons (Fsp3) is 0.438. The predicted octanol–water partition coefficient (Wildman–Crippen LogP) is 5.00. The highest BCUT2D eigenvalue weighted by Gasteiger charge is 2.40. The Balaban J connectivity index is 3.39. The first-order valence-electron chi connectivity index (χ1n) is 7.55. The lowest BCUT2D eigenvalue weighted by atomic mass is 10.1. The van der Waals surface area contributed by atoms with Gasteiger partial charge < -0.3 is 9.47 Å². The van der Waals surface area contributed by atoms with Crippen molar-refractivity contribution in [2.24, 2.45) is 5.10 Å². The van der Waals surface area contributed by atoms with Crippen molar-refractivity contribution >= 4 is 29.5 Å². The lowest BCUT2D eigenvalue weighted by molar-refractivity contribution is -0.0592. The fourth-order valence-corrected chi connectivity index (χ4v) is 1.77. The summed E-state index contributed by atoms with van der Waals surface area (Å²) in [7, 11) is 0. The minimum absolute atomic E-state index is 0.0859. The summed E-state index contributed by atoms with van der Waals surface area (Å²) >= 11 is 5.67. The van der Waals surface area contributed by atoms with Crippen LogP contribution in [-0.2, 0) is 9.47 Å². The number of nitrogens with zero attached hydrogens (tertiary/aromatic N) is 2. The lowest BCUT2D eigenvalue weighted by Gasteiger charge is -2.20. The molecule has 0 aromatic heterocycles. The minimum Gasteiger partial charge on any atom is -0.445 e. The summed E-state index contributed by atoms with van der Waals surface area (Å²) in [6.07, 6.45) is -9.10. The number of hydrogen-bond acceptors (Lipinski definition) is 5. The van der Waals surface area contributed by atoms with E-state index in [1.165, 1.54) is 39.8 Å². The highest BCUT2D eigenvalue weighted by Crippen LogP contribution is 2.25. The number of hydrazone groups is 1. The summed E-state index contributed by atoms with van der Waals surface area (Å²) in [6, 6.07) is 4.57. The highest BCUT2D eigenvalue weighted by molar-refractivity contribution is 6.30. The average molecular weight is 395 g/mol. The van der Waals surface area contributed by atoms with Gasteiger partial charge in [0.05, 0.1) is 12.2 Å². The summed E-state index contributed by atoms with van der Waals surface area (Å²) in [4.78, 5) is 24.1. The third-order valence-electron chi connectivity index (χ3n) is 2.61. The van der Waals surface area contributed by atoms with Crippen LogP contribution in [0.4, 0.5) is 22.8 Å². The summed E-state index contributed by atoms with van der Waals surface area (Å²) in [6.45, 7) is 5.88.